The van der Waals surface area contributed by atoms with Crippen LogP contribution in [0.25, 0.3) is 0 Å². The van der Waals surface area contributed by atoms with Crippen molar-refractivity contribution in [2.45, 2.75) is 31.1 Å². The van der Waals surface area contributed by atoms with Gasteiger partial charge in [0.15, 0.2) is 0 Å². The van der Waals surface area contributed by atoms with E-state index in [0.717, 1.165) is 6.42 Å². The number of aryl methyl sites for hydroxylation is 2. The highest BCUT2D eigenvalue weighted by Crippen LogP contribution is 2.23. The predicted octanol–water partition coefficient (Wildman–Crippen LogP) is 3.12. The molecule has 0 aliphatic heterocycles. The standard InChI is InChI=1S/C12H16O2S/c1-9-6-7-11(15-2)10(8-9)4-3-5-12(13)14/h6-8H,3-5H2,1-2H3,(H,13,14). The van der Waals surface area contributed by atoms with Gasteiger partial charge in [-0.2, -0.15) is 0 Å². The van der Waals surface area contributed by atoms with Gasteiger partial charge in [-0.1, -0.05) is 17.7 Å². The van der Waals surface area contributed by atoms with Crippen molar-refractivity contribution in [3.8, 4) is 0 Å². The number of carbonyl (C=O) groups is 1. The number of hydrogen-bond acceptors (Lipinski definition) is 2. The zero-order chi connectivity index (χ0) is 11.3. The van der Waals surface area contributed by atoms with Crippen molar-refractivity contribution in [1.29, 1.82) is 0 Å². The normalized spacial score (nSPS) is 10.3. The molecule has 1 rings (SSSR count). The molecule has 1 N–H and O–H groups in total. The number of rotatable bonds is 5. The average molecular weight is 224 g/mol. The van der Waals surface area contributed by atoms with E-state index >= 15 is 0 Å². The highest BCUT2D eigenvalue weighted by atomic mass is 32.2. The number of thioether (sulfide) groups is 1. The Kier molecular flexibility index (Phi) is 4.69. The van der Waals surface area contributed by atoms with Crippen molar-refractivity contribution in [2.75, 3.05) is 6.26 Å². The molecule has 0 aliphatic rings. The Morgan fingerprint density at radius 3 is 2.80 bits per heavy atom. The summed E-state index contributed by atoms with van der Waals surface area (Å²) in [6.45, 7) is 2.06. The molecule has 15 heavy (non-hydrogen) atoms. The van der Waals surface area contributed by atoms with Crippen molar-refractivity contribution >= 4 is 17.7 Å². The van der Waals surface area contributed by atoms with E-state index in [9.17, 15) is 4.79 Å². The second-order valence-corrected chi connectivity index (χ2v) is 4.41. The van der Waals surface area contributed by atoms with Crippen LogP contribution in [0, 0.1) is 6.92 Å². The third kappa shape index (κ3) is 3.96. The molecule has 2 nitrogen and oxygen atoms in total. The van der Waals surface area contributed by atoms with Gasteiger partial charge in [0.25, 0.3) is 0 Å². The Morgan fingerprint density at radius 1 is 1.47 bits per heavy atom. The van der Waals surface area contributed by atoms with Gasteiger partial charge in [-0.3, -0.25) is 4.79 Å². The summed E-state index contributed by atoms with van der Waals surface area (Å²) in [5, 5.41) is 8.57. The first kappa shape index (κ1) is 12.1. The minimum atomic E-state index is -0.714. The van der Waals surface area contributed by atoms with E-state index in [1.807, 2.05) is 6.26 Å². The molecule has 0 unspecified atom stereocenters. The molecule has 0 aliphatic carbocycles. The predicted molar refractivity (Wildman–Crippen MR) is 63.5 cm³/mol. The number of aliphatic carboxylic acids is 1. The summed E-state index contributed by atoms with van der Waals surface area (Å²) in [6, 6.07) is 6.34. The van der Waals surface area contributed by atoms with Crippen LogP contribution in [0.1, 0.15) is 24.0 Å². The summed E-state index contributed by atoms with van der Waals surface area (Å²) in [6.07, 6.45) is 3.86. The molecule has 1 aromatic carbocycles. The smallest absolute Gasteiger partial charge is 0.303 e. The Bertz CT molecular complexity index is 347. The van der Waals surface area contributed by atoms with E-state index in [1.54, 1.807) is 11.8 Å². The molecule has 0 fully saturated rings. The molecule has 0 atom stereocenters. The molecule has 0 aromatic heterocycles. The molecule has 1 aromatic rings. The van der Waals surface area contributed by atoms with Gasteiger partial charge in [-0.15, -0.1) is 11.8 Å². The Labute approximate surface area is 94.7 Å². The van der Waals surface area contributed by atoms with E-state index in [0.29, 0.717) is 6.42 Å². The van der Waals surface area contributed by atoms with E-state index in [2.05, 4.69) is 25.1 Å². The van der Waals surface area contributed by atoms with Gasteiger partial charge in [0.05, 0.1) is 0 Å². The van der Waals surface area contributed by atoms with Gasteiger partial charge >= 0.3 is 5.97 Å². The molecule has 0 amide bonds. The van der Waals surface area contributed by atoms with Gasteiger partial charge in [0.2, 0.25) is 0 Å². The lowest BCUT2D eigenvalue weighted by molar-refractivity contribution is -0.137. The maximum Gasteiger partial charge on any atom is 0.303 e. The molecule has 3 heteroatoms. The van der Waals surface area contributed by atoms with Gasteiger partial charge in [0, 0.05) is 11.3 Å². The van der Waals surface area contributed by atoms with Gasteiger partial charge in [-0.25, -0.2) is 0 Å². The second kappa shape index (κ2) is 5.81. The minimum Gasteiger partial charge on any atom is -0.481 e. The largest absolute Gasteiger partial charge is 0.481 e. The molecular formula is C12H16O2S. The first-order chi connectivity index (χ1) is 7.13. The fraction of sp³-hybridized carbons (Fsp3) is 0.417. The van der Waals surface area contributed by atoms with Crippen LogP contribution in [0.5, 0.6) is 0 Å². The molecule has 0 heterocycles. The topological polar surface area (TPSA) is 37.3 Å². The third-order valence-electron chi connectivity index (χ3n) is 2.27. The van der Waals surface area contributed by atoms with E-state index in [4.69, 9.17) is 5.11 Å². The van der Waals surface area contributed by atoms with Crippen molar-refractivity contribution in [3.63, 3.8) is 0 Å². The SMILES string of the molecule is CSc1ccc(C)cc1CCCC(=O)O. The van der Waals surface area contributed by atoms with Crippen LogP contribution >= 0.6 is 11.8 Å². The first-order valence-corrected chi connectivity index (χ1v) is 6.21. The third-order valence-corrected chi connectivity index (χ3v) is 3.11. The van der Waals surface area contributed by atoms with E-state index in [1.165, 1.54) is 16.0 Å². The molecule has 0 saturated heterocycles. The van der Waals surface area contributed by atoms with Crippen LogP contribution in [-0.2, 0) is 11.2 Å². The highest BCUT2D eigenvalue weighted by Gasteiger charge is 2.03. The summed E-state index contributed by atoms with van der Waals surface area (Å²) in [5.74, 6) is -0.714. The lowest BCUT2D eigenvalue weighted by Gasteiger charge is -2.07. The first-order valence-electron chi connectivity index (χ1n) is 4.99. The number of benzene rings is 1. The summed E-state index contributed by atoms with van der Waals surface area (Å²) in [7, 11) is 0. The van der Waals surface area contributed by atoms with Crippen LogP contribution in [0.15, 0.2) is 23.1 Å². The van der Waals surface area contributed by atoms with Gasteiger partial charge in [0.1, 0.15) is 0 Å². The summed E-state index contributed by atoms with van der Waals surface area (Å²) in [5.41, 5.74) is 2.50. The fourth-order valence-corrected chi connectivity index (χ4v) is 2.16. The van der Waals surface area contributed by atoms with E-state index < -0.39 is 5.97 Å². The maximum atomic E-state index is 10.4. The van der Waals surface area contributed by atoms with Crippen molar-refractivity contribution in [1.82, 2.24) is 0 Å². The Morgan fingerprint density at radius 2 is 2.20 bits per heavy atom. The van der Waals surface area contributed by atoms with Crippen LogP contribution in [0.4, 0.5) is 0 Å². The quantitative estimate of drug-likeness (QED) is 0.781. The van der Waals surface area contributed by atoms with E-state index in [-0.39, 0.29) is 6.42 Å². The molecule has 0 radical (unpaired) electrons. The molecule has 0 bridgehead atoms. The summed E-state index contributed by atoms with van der Waals surface area (Å²) < 4.78 is 0. The van der Waals surface area contributed by atoms with Crippen LogP contribution in [0.3, 0.4) is 0 Å². The highest BCUT2D eigenvalue weighted by molar-refractivity contribution is 7.98. The van der Waals surface area contributed by atoms with Crippen molar-refractivity contribution in [3.05, 3.63) is 29.3 Å². The maximum absolute atomic E-state index is 10.4. The molecule has 0 saturated carbocycles. The van der Waals surface area contributed by atoms with Crippen LogP contribution in [0.2, 0.25) is 0 Å². The van der Waals surface area contributed by atoms with Crippen LogP contribution in [-0.4, -0.2) is 17.3 Å². The van der Waals surface area contributed by atoms with Gasteiger partial charge in [-0.05, 0) is 37.7 Å². The fourth-order valence-electron chi connectivity index (χ4n) is 1.53. The molecule has 0 spiro atoms. The monoisotopic (exact) mass is 224 g/mol. The zero-order valence-electron chi connectivity index (χ0n) is 9.12. The zero-order valence-corrected chi connectivity index (χ0v) is 9.93. The van der Waals surface area contributed by atoms with Crippen LogP contribution < -0.4 is 0 Å². The number of carboxylic acid groups (broad SMARTS) is 1. The summed E-state index contributed by atoms with van der Waals surface area (Å²) >= 11 is 1.72. The molecular weight excluding hydrogens is 208 g/mol. The molecule has 82 valence electrons. The lowest BCUT2D eigenvalue weighted by atomic mass is 10.1. The van der Waals surface area contributed by atoms with Crippen molar-refractivity contribution < 1.29 is 9.90 Å². The summed E-state index contributed by atoms with van der Waals surface area (Å²) in [4.78, 5) is 11.7. The Balaban J connectivity index is 2.65. The number of hydrogen-bond donors (Lipinski definition) is 1. The lowest BCUT2D eigenvalue weighted by Crippen LogP contribution is -1.97. The average Bonchev–Trinajstić information content (AvgIpc) is 2.17. The van der Waals surface area contributed by atoms with Gasteiger partial charge < -0.3 is 5.11 Å². The number of carboxylic acids is 1. The Hall–Kier alpha value is -0.960. The second-order valence-electron chi connectivity index (χ2n) is 3.56. The van der Waals surface area contributed by atoms with Crippen molar-refractivity contribution in [2.24, 2.45) is 0 Å². The minimum absolute atomic E-state index is 0.252.